The van der Waals surface area contributed by atoms with Crippen LogP contribution in [0.4, 0.5) is 5.69 Å². The summed E-state index contributed by atoms with van der Waals surface area (Å²) < 4.78 is 1.32. The van der Waals surface area contributed by atoms with E-state index < -0.39 is 0 Å². The van der Waals surface area contributed by atoms with E-state index in [2.05, 4.69) is 20.1 Å². The SMILES string of the molecule is Nc1c(-n2cncn2)nc[nH]c1=O. The maximum absolute atomic E-state index is 11.1. The Labute approximate surface area is 72.3 Å². The van der Waals surface area contributed by atoms with Crippen molar-refractivity contribution in [2.75, 3.05) is 5.73 Å². The number of nitrogens with zero attached hydrogens (tertiary/aromatic N) is 4. The Morgan fingerprint density at radius 3 is 3.08 bits per heavy atom. The van der Waals surface area contributed by atoms with E-state index >= 15 is 0 Å². The zero-order valence-electron chi connectivity index (χ0n) is 6.51. The first kappa shape index (κ1) is 7.47. The zero-order valence-corrected chi connectivity index (χ0v) is 6.51. The normalized spacial score (nSPS) is 10.2. The van der Waals surface area contributed by atoms with E-state index in [1.54, 1.807) is 0 Å². The molecule has 0 amide bonds. The summed E-state index contributed by atoms with van der Waals surface area (Å²) in [5, 5.41) is 3.80. The molecule has 2 heterocycles. The molecule has 0 fully saturated rings. The fourth-order valence-electron chi connectivity index (χ4n) is 0.901. The third-order valence-corrected chi connectivity index (χ3v) is 1.50. The predicted octanol–water partition coefficient (Wildman–Crippen LogP) is -1.07. The molecule has 66 valence electrons. The van der Waals surface area contributed by atoms with Gasteiger partial charge >= 0.3 is 0 Å². The minimum atomic E-state index is -0.388. The minimum Gasteiger partial charge on any atom is -0.391 e. The highest BCUT2D eigenvalue weighted by Gasteiger charge is 2.06. The molecule has 0 bridgehead atoms. The average molecular weight is 178 g/mol. The van der Waals surface area contributed by atoms with E-state index in [-0.39, 0.29) is 17.1 Å². The molecule has 0 aromatic carbocycles. The summed E-state index contributed by atoms with van der Waals surface area (Å²) in [7, 11) is 0. The minimum absolute atomic E-state index is 0.0213. The molecule has 2 rings (SSSR count). The first-order valence-corrected chi connectivity index (χ1v) is 3.47. The summed E-state index contributed by atoms with van der Waals surface area (Å²) in [4.78, 5) is 21.0. The van der Waals surface area contributed by atoms with Crippen LogP contribution in [0.3, 0.4) is 0 Å². The van der Waals surface area contributed by atoms with Crippen molar-refractivity contribution >= 4 is 5.69 Å². The molecule has 13 heavy (non-hydrogen) atoms. The van der Waals surface area contributed by atoms with Gasteiger partial charge in [-0.3, -0.25) is 4.79 Å². The molecule has 7 heteroatoms. The lowest BCUT2D eigenvalue weighted by molar-refractivity contribution is 0.837. The van der Waals surface area contributed by atoms with Crippen LogP contribution in [0, 0.1) is 0 Å². The van der Waals surface area contributed by atoms with Crippen LogP contribution in [-0.4, -0.2) is 24.7 Å². The molecule has 0 saturated heterocycles. The fourth-order valence-corrected chi connectivity index (χ4v) is 0.901. The van der Waals surface area contributed by atoms with Gasteiger partial charge in [-0.25, -0.2) is 14.6 Å². The van der Waals surface area contributed by atoms with Crippen molar-refractivity contribution in [3.63, 3.8) is 0 Å². The van der Waals surface area contributed by atoms with Crippen molar-refractivity contribution in [1.29, 1.82) is 0 Å². The summed E-state index contributed by atoms with van der Waals surface area (Å²) in [6.07, 6.45) is 4.01. The molecule has 7 nitrogen and oxygen atoms in total. The second kappa shape index (κ2) is 2.70. The first-order valence-electron chi connectivity index (χ1n) is 3.47. The Morgan fingerprint density at radius 1 is 1.54 bits per heavy atom. The van der Waals surface area contributed by atoms with Crippen molar-refractivity contribution in [3.05, 3.63) is 29.3 Å². The van der Waals surface area contributed by atoms with Crippen LogP contribution in [0.15, 0.2) is 23.8 Å². The summed E-state index contributed by atoms with van der Waals surface area (Å²) >= 11 is 0. The van der Waals surface area contributed by atoms with E-state index in [1.807, 2.05) is 0 Å². The third kappa shape index (κ3) is 1.15. The molecule has 0 spiro atoms. The molecule has 3 N–H and O–H groups in total. The number of hydrogen-bond donors (Lipinski definition) is 2. The molecular formula is C6H6N6O. The second-order valence-electron chi connectivity index (χ2n) is 2.31. The molecule has 0 aliphatic rings. The maximum Gasteiger partial charge on any atom is 0.276 e. The zero-order chi connectivity index (χ0) is 9.26. The van der Waals surface area contributed by atoms with Crippen LogP contribution >= 0.6 is 0 Å². The average Bonchev–Trinajstić information content (AvgIpc) is 2.62. The standard InChI is InChI=1S/C6H6N6O/c7-4-5(9-2-10-6(4)13)12-3-8-1-11-12/h1-3H,7H2,(H,9,10,13). The van der Waals surface area contributed by atoms with Gasteiger partial charge in [-0.2, -0.15) is 5.10 Å². The van der Waals surface area contributed by atoms with Crippen molar-refractivity contribution in [3.8, 4) is 5.82 Å². The van der Waals surface area contributed by atoms with Gasteiger partial charge in [0.05, 0.1) is 6.33 Å². The highest BCUT2D eigenvalue weighted by atomic mass is 16.1. The highest BCUT2D eigenvalue weighted by molar-refractivity contribution is 5.49. The maximum atomic E-state index is 11.1. The molecule has 0 aliphatic heterocycles. The van der Waals surface area contributed by atoms with Gasteiger partial charge in [0.15, 0.2) is 5.82 Å². The topological polar surface area (TPSA) is 102 Å². The number of aromatic nitrogens is 5. The lowest BCUT2D eigenvalue weighted by Crippen LogP contribution is -2.16. The fraction of sp³-hybridized carbons (Fsp3) is 0. The van der Waals surface area contributed by atoms with Crippen LogP contribution in [0.2, 0.25) is 0 Å². The van der Waals surface area contributed by atoms with Gasteiger partial charge in [0.2, 0.25) is 0 Å². The van der Waals surface area contributed by atoms with Crippen LogP contribution < -0.4 is 11.3 Å². The lowest BCUT2D eigenvalue weighted by Gasteiger charge is -2.00. The number of aromatic amines is 1. The largest absolute Gasteiger partial charge is 0.391 e. The van der Waals surface area contributed by atoms with Gasteiger partial charge in [0, 0.05) is 0 Å². The van der Waals surface area contributed by atoms with Crippen LogP contribution in [0.5, 0.6) is 0 Å². The monoisotopic (exact) mass is 178 g/mol. The van der Waals surface area contributed by atoms with Crippen LogP contribution in [0.25, 0.3) is 5.82 Å². The van der Waals surface area contributed by atoms with Gasteiger partial charge in [-0.05, 0) is 0 Å². The Hall–Kier alpha value is -2.18. The molecule has 0 radical (unpaired) electrons. The summed E-state index contributed by atoms with van der Waals surface area (Å²) in [5.74, 6) is 0.279. The third-order valence-electron chi connectivity index (χ3n) is 1.50. The van der Waals surface area contributed by atoms with E-state index in [9.17, 15) is 4.79 Å². The van der Waals surface area contributed by atoms with Crippen molar-refractivity contribution in [2.45, 2.75) is 0 Å². The Morgan fingerprint density at radius 2 is 2.38 bits per heavy atom. The Bertz CT molecular complexity index is 458. The summed E-state index contributed by atoms with van der Waals surface area (Å²) in [6, 6.07) is 0. The van der Waals surface area contributed by atoms with Crippen LogP contribution in [0.1, 0.15) is 0 Å². The molecule has 2 aromatic heterocycles. The van der Waals surface area contributed by atoms with Crippen molar-refractivity contribution < 1.29 is 0 Å². The van der Waals surface area contributed by atoms with E-state index in [0.29, 0.717) is 0 Å². The van der Waals surface area contributed by atoms with Crippen molar-refractivity contribution in [2.24, 2.45) is 0 Å². The molecule has 0 atom stereocenters. The molecule has 2 aromatic rings. The molecule has 0 saturated carbocycles. The lowest BCUT2D eigenvalue weighted by atomic mass is 10.5. The molecule has 0 aliphatic carbocycles. The van der Waals surface area contributed by atoms with E-state index in [1.165, 1.54) is 23.7 Å². The summed E-state index contributed by atoms with van der Waals surface area (Å²) in [6.45, 7) is 0. The number of H-pyrrole nitrogens is 1. The van der Waals surface area contributed by atoms with Gasteiger partial charge in [0.1, 0.15) is 18.3 Å². The summed E-state index contributed by atoms with van der Waals surface area (Å²) in [5.41, 5.74) is 5.11. The van der Waals surface area contributed by atoms with Gasteiger partial charge in [0.25, 0.3) is 5.56 Å². The Balaban J connectivity index is 2.66. The first-order chi connectivity index (χ1) is 6.29. The molecular weight excluding hydrogens is 172 g/mol. The van der Waals surface area contributed by atoms with Gasteiger partial charge in [-0.15, -0.1) is 0 Å². The van der Waals surface area contributed by atoms with Crippen molar-refractivity contribution in [1.82, 2.24) is 24.7 Å². The number of rotatable bonds is 1. The molecule has 0 unspecified atom stereocenters. The number of nitrogens with two attached hydrogens (primary N) is 1. The number of anilines is 1. The van der Waals surface area contributed by atoms with Crippen LogP contribution in [-0.2, 0) is 0 Å². The highest BCUT2D eigenvalue weighted by Crippen LogP contribution is 2.04. The van der Waals surface area contributed by atoms with E-state index in [4.69, 9.17) is 5.73 Å². The second-order valence-corrected chi connectivity index (χ2v) is 2.31. The van der Waals surface area contributed by atoms with Gasteiger partial charge in [-0.1, -0.05) is 0 Å². The number of hydrogen-bond acceptors (Lipinski definition) is 5. The predicted molar refractivity (Wildman–Crippen MR) is 44.2 cm³/mol. The van der Waals surface area contributed by atoms with E-state index in [0.717, 1.165) is 0 Å². The number of nitrogens with one attached hydrogen (secondary N) is 1. The Kier molecular flexibility index (Phi) is 1.55. The number of nitrogen functional groups attached to an aromatic ring is 1. The smallest absolute Gasteiger partial charge is 0.276 e. The van der Waals surface area contributed by atoms with Gasteiger partial charge < -0.3 is 10.7 Å². The quantitative estimate of drug-likeness (QED) is 0.579.